The summed E-state index contributed by atoms with van der Waals surface area (Å²) in [6.45, 7) is 2.01. The number of hydrogen-bond donors (Lipinski definition) is 2. The second-order valence-electron chi connectivity index (χ2n) is 7.30. The zero-order valence-corrected chi connectivity index (χ0v) is 18.6. The van der Waals surface area contributed by atoms with E-state index in [9.17, 15) is 13.2 Å². The minimum atomic E-state index is -3.74. The molecule has 0 bridgehead atoms. The number of ether oxygens (including phenoxy) is 1. The zero-order chi connectivity index (χ0) is 23.3. The Morgan fingerprint density at radius 2 is 1.73 bits per heavy atom. The number of nitrogens with one attached hydrogen (secondary N) is 2. The molecular formula is C25H22N2O5S. The number of rotatable bonds is 8. The molecule has 3 aromatic carbocycles. The molecule has 1 aromatic heterocycles. The van der Waals surface area contributed by atoms with Gasteiger partial charge in [-0.2, -0.15) is 0 Å². The van der Waals surface area contributed by atoms with Crippen LogP contribution in [0.3, 0.4) is 0 Å². The highest BCUT2D eigenvalue weighted by Crippen LogP contribution is 2.30. The zero-order valence-electron chi connectivity index (χ0n) is 17.8. The van der Waals surface area contributed by atoms with Crippen LogP contribution in [-0.2, 0) is 16.6 Å². The van der Waals surface area contributed by atoms with Gasteiger partial charge < -0.3 is 14.5 Å². The standard InChI is InChI=1S/C25H22N2O5S/c1-18-6-4-7-20(16-18)32-24-10-3-2-9-23(24)27-25(28)19-11-13-22(14-12-19)33(29,30)26-17-21-8-5-15-31-21/h2-16,26H,17H2,1H3,(H,27,28). The molecule has 0 aliphatic heterocycles. The summed E-state index contributed by atoms with van der Waals surface area (Å²) in [5.41, 5.74) is 1.87. The molecule has 4 aromatic rings. The van der Waals surface area contributed by atoms with Gasteiger partial charge in [0.15, 0.2) is 5.75 Å². The fourth-order valence-electron chi connectivity index (χ4n) is 3.11. The van der Waals surface area contributed by atoms with Crippen LogP contribution in [0, 0.1) is 6.92 Å². The predicted molar refractivity (Wildman–Crippen MR) is 125 cm³/mol. The Balaban J connectivity index is 1.45. The molecule has 2 N–H and O–H groups in total. The molecule has 1 amide bonds. The Morgan fingerprint density at radius 3 is 2.45 bits per heavy atom. The number of carbonyl (C=O) groups is 1. The van der Waals surface area contributed by atoms with E-state index in [2.05, 4.69) is 10.0 Å². The third-order valence-electron chi connectivity index (χ3n) is 4.80. The maximum absolute atomic E-state index is 12.8. The molecule has 7 nitrogen and oxygen atoms in total. The Morgan fingerprint density at radius 1 is 0.939 bits per heavy atom. The van der Waals surface area contributed by atoms with Crippen LogP contribution in [0.25, 0.3) is 0 Å². The second-order valence-corrected chi connectivity index (χ2v) is 9.06. The summed E-state index contributed by atoms with van der Waals surface area (Å²) in [6, 6.07) is 23.8. The van der Waals surface area contributed by atoms with Crippen LogP contribution in [0.4, 0.5) is 5.69 Å². The Labute approximate surface area is 192 Å². The van der Waals surface area contributed by atoms with E-state index in [4.69, 9.17) is 9.15 Å². The molecule has 0 aliphatic rings. The minimum absolute atomic E-state index is 0.0370. The average molecular weight is 463 g/mol. The van der Waals surface area contributed by atoms with Gasteiger partial charge in [-0.25, -0.2) is 13.1 Å². The highest BCUT2D eigenvalue weighted by atomic mass is 32.2. The van der Waals surface area contributed by atoms with Crippen molar-refractivity contribution in [3.8, 4) is 11.5 Å². The number of para-hydroxylation sites is 2. The van der Waals surface area contributed by atoms with E-state index in [1.807, 2.05) is 37.3 Å². The fraction of sp³-hybridized carbons (Fsp3) is 0.0800. The van der Waals surface area contributed by atoms with Crippen LogP contribution in [0.5, 0.6) is 11.5 Å². The normalized spacial score (nSPS) is 11.2. The van der Waals surface area contributed by atoms with Gasteiger partial charge in [-0.05, 0) is 73.2 Å². The Hall–Kier alpha value is -3.88. The van der Waals surface area contributed by atoms with Crippen molar-refractivity contribution in [2.75, 3.05) is 5.32 Å². The number of hydrogen-bond acceptors (Lipinski definition) is 5. The summed E-state index contributed by atoms with van der Waals surface area (Å²) >= 11 is 0. The van der Waals surface area contributed by atoms with E-state index < -0.39 is 10.0 Å². The van der Waals surface area contributed by atoms with Crippen LogP contribution in [-0.4, -0.2) is 14.3 Å². The quantitative estimate of drug-likeness (QED) is 0.379. The number of anilines is 1. The summed E-state index contributed by atoms with van der Waals surface area (Å²) in [4.78, 5) is 12.8. The lowest BCUT2D eigenvalue weighted by Gasteiger charge is -2.13. The number of aryl methyl sites for hydroxylation is 1. The monoisotopic (exact) mass is 462 g/mol. The van der Waals surface area contributed by atoms with Gasteiger partial charge in [0, 0.05) is 5.56 Å². The highest BCUT2D eigenvalue weighted by molar-refractivity contribution is 7.89. The van der Waals surface area contributed by atoms with E-state index in [1.54, 1.807) is 30.3 Å². The summed E-state index contributed by atoms with van der Waals surface area (Å²) in [5, 5.41) is 2.82. The van der Waals surface area contributed by atoms with Crippen molar-refractivity contribution >= 4 is 21.6 Å². The van der Waals surface area contributed by atoms with Crippen molar-refractivity contribution in [1.29, 1.82) is 0 Å². The molecule has 8 heteroatoms. The largest absolute Gasteiger partial charge is 0.468 e. The van der Waals surface area contributed by atoms with E-state index in [0.717, 1.165) is 5.56 Å². The average Bonchev–Trinajstić information content (AvgIpc) is 3.33. The Kier molecular flexibility index (Phi) is 6.58. The van der Waals surface area contributed by atoms with E-state index in [-0.39, 0.29) is 17.3 Å². The van der Waals surface area contributed by atoms with Crippen molar-refractivity contribution < 1.29 is 22.4 Å². The van der Waals surface area contributed by atoms with E-state index >= 15 is 0 Å². The summed E-state index contributed by atoms with van der Waals surface area (Å²) in [7, 11) is -3.74. The van der Waals surface area contributed by atoms with Gasteiger partial charge in [0.25, 0.3) is 5.91 Å². The fourth-order valence-corrected chi connectivity index (χ4v) is 4.10. The molecule has 0 saturated heterocycles. The molecule has 1 heterocycles. The van der Waals surface area contributed by atoms with Gasteiger partial charge in [-0.1, -0.05) is 24.3 Å². The minimum Gasteiger partial charge on any atom is -0.468 e. The van der Waals surface area contributed by atoms with Crippen molar-refractivity contribution in [2.24, 2.45) is 0 Å². The maximum Gasteiger partial charge on any atom is 0.255 e. The molecule has 0 radical (unpaired) electrons. The van der Waals surface area contributed by atoms with Crippen LogP contribution < -0.4 is 14.8 Å². The topological polar surface area (TPSA) is 97.6 Å². The molecule has 168 valence electrons. The molecular weight excluding hydrogens is 440 g/mol. The SMILES string of the molecule is Cc1cccc(Oc2ccccc2NC(=O)c2ccc(S(=O)(=O)NCc3ccco3)cc2)c1. The van der Waals surface area contributed by atoms with Crippen LogP contribution in [0.2, 0.25) is 0 Å². The third kappa shape index (κ3) is 5.68. The smallest absolute Gasteiger partial charge is 0.255 e. The first kappa shape index (κ1) is 22.3. The van der Waals surface area contributed by atoms with Gasteiger partial charge in [0.05, 0.1) is 23.4 Å². The molecule has 0 spiro atoms. The lowest BCUT2D eigenvalue weighted by molar-refractivity contribution is 0.102. The van der Waals surface area contributed by atoms with Crippen molar-refractivity contribution in [2.45, 2.75) is 18.4 Å². The van der Waals surface area contributed by atoms with Crippen LogP contribution in [0.1, 0.15) is 21.7 Å². The van der Waals surface area contributed by atoms with Crippen molar-refractivity contribution in [1.82, 2.24) is 4.72 Å². The first-order chi connectivity index (χ1) is 15.9. The summed E-state index contributed by atoms with van der Waals surface area (Å²) < 4.78 is 38.5. The molecule has 0 atom stereocenters. The first-order valence-electron chi connectivity index (χ1n) is 10.2. The number of carbonyl (C=O) groups excluding carboxylic acids is 1. The van der Waals surface area contributed by atoms with Gasteiger partial charge in [0.2, 0.25) is 10.0 Å². The molecule has 4 rings (SSSR count). The number of sulfonamides is 1. The summed E-state index contributed by atoms with van der Waals surface area (Å²) in [5.74, 6) is 1.27. The number of benzene rings is 3. The second kappa shape index (κ2) is 9.72. The highest BCUT2D eigenvalue weighted by Gasteiger charge is 2.16. The Bertz CT molecular complexity index is 1350. The number of amides is 1. The van der Waals surface area contributed by atoms with E-state index in [1.165, 1.54) is 30.5 Å². The summed E-state index contributed by atoms with van der Waals surface area (Å²) in [6.07, 6.45) is 1.47. The molecule has 0 fully saturated rings. The lowest BCUT2D eigenvalue weighted by atomic mass is 10.2. The predicted octanol–water partition coefficient (Wildman–Crippen LogP) is 5.11. The van der Waals surface area contributed by atoms with Gasteiger partial charge >= 0.3 is 0 Å². The van der Waals surface area contributed by atoms with Gasteiger partial charge in [0.1, 0.15) is 11.5 Å². The van der Waals surface area contributed by atoms with Gasteiger partial charge in [-0.15, -0.1) is 0 Å². The maximum atomic E-state index is 12.8. The number of furan rings is 1. The van der Waals surface area contributed by atoms with Crippen LogP contribution >= 0.6 is 0 Å². The first-order valence-corrected chi connectivity index (χ1v) is 11.7. The van der Waals surface area contributed by atoms with Crippen LogP contribution in [0.15, 0.2) is 101 Å². The third-order valence-corrected chi connectivity index (χ3v) is 6.21. The van der Waals surface area contributed by atoms with Gasteiger partial charge in [-0.3, -0.25) is 4.79 Å². The lowest BCUT2D eigenvalue weighted by Crippen LogP contribution is -2.23. The molecule has 0 unspecified atom stereocenters. The molecule has 33 heavy (non-hydrogen) atoms. The molecule has 0 aliphatic carbocycles. The van der Waals surface area contributed by atoms with Crippen molar-refractivity contribution in [3.63, 3.8) is 0 Å². The van der Waals surface area contributed by atoms with Crippen molar-refractivity contribution in [3.05, 3.63) is 108 Å². The van der Waals surface area contributed by atoms with E-state index in [0.29, 0.717) is 28.5 Å². The molecule has 0 saturated carbocycles.